The Bertz CT molecular complexity index is 930. The van der Waals surface area contributed by atoms with Gasteiger partial charge < -0.3 is 4.74 Å². The molecule has 5 nitrogen and oxygen atoms in total. The summed E-state index contributed by atoms with van der Waals surface area (Å²) in [4.78, 5) is 30.5. The molecule has 0 saturated heterocycles. The lowest BCUT2D eigenvalue weighted by Crippen LogP contribution is -2.20. The first-order valence-electron chi connectivity index (χ1n) is 10.6. The molecule has 0 aromatic carbocycles. The second-order valence-electron chi connectivity index (χ2n) is 8.06. The lowest BCUT2D eigenvalue weighted by molar-refractivity contribution is -0.145. The predicted octanol–water partition coefficient (Wildman–Crippen LogP) is 4.77. The molecule has 1 aliphatic carbocycles. The zero-order chi connectivity index (χ0) is 21.5. The third-order valence-corrected chi connectivity index (χ3v) is 6.89. The first kappa shape index (κ1) is 22.2. The summed E-state index contributed by atoms with van der Waals surface area (Å²) in [6.45, 7) is 4.43. The van der Waals surface area contributed by atoms with Crippen molar-refractivity contribution in [1.82, 2.24) is 4.98 Å². The molecule has 158 valence electrons. The molecule has 0 bridgehead atoms. The molecular formula is C24H28N2O3S. The zero-order valence-electron chi connectivity index (χ0n) is 17.6. The number of pyridine rings is 1. The van der Waals surface area contributed by atoms with E-state index in [9.17, 15) is 14.9 Å². The molecule has 3 rings (SSSR count). The summed E-state index contributed by atoms with van der Waals surface area (Å²) in [5, 5.41) is 9.70. The molecule has 0 saturated carbocycles. The number of ether oxygens (including phenoxy) is 1. The topological polar surface area (TPSA) is 80.1 Å². The number of thiophene rings is 1. The van der Waals surface area contributed by atoms with Crippen LogP contribution in [-0.2, 0) is 33.6 Å². The number of nitriles is 1. The van der Waals surface area contributed by atoms with Crippen molar-refractivity contribution in [2.75, 3.05) is 6.61 Å². The molecule has 2 aromatic rings. The molecule has 2 unspecified atom stereocenters. The molecule has 2 atom stereocenters. The number of rotatable bonds is 9. The number of ketones is 1. The Morgan fingerprint density at radius 1 is 1.43 bits per heavy atom. The van der Waals surface area contributed by atoms with Gasteiger partial charge in [-0.25, -0.2) is 0 Å². The highest BCUT2D eigenvalue weighted by atomic mass is 32.1. The van der Waals surface area contributed by atoms with E-state index < -0.39 is 0 Å². The van der Waals surface area contributed by atoms with Gasteiger partial charge in [0.1, 0.15) is 11.9 Å². The summed E-state index contributed by atoms with van der Waals surface area (Å²) in [7, 11) is 0. The monoisotopic (exact) mass is 424 g/mol. The maximum atomic E-state index is 12.7. The summed E-state index contributed by atoms with van der Waals surface area (Å²) < 4.78 is 5.39. The maximum absolute atomic E-state index is 12.7. The highest BCUT2D eigenvalue weighted by Crippen LogP contribution is 2.37. The summed E-state index contributed by atoms with van der Waals surface area (Å²) in [5.41, 5.74) is 2.85. The van der Waals surface area contributed by atoms with Gasteiger partial charge in [0.15, 0.2) is 0 Å². The van der Waals surface area contributed by atoms with Gasteiger partial charge in [0.2, 0.25) is 0 Å². The van der Waals surface area contributed by atoms with Crippen LogP contribution in [0.1, 0.15) is 71.9 Å². The number of Topliss-reactive ketones (excluding diaryl/α,β-unsaturated/α-hetero) is 1. The number of aromatic nitrogens is 1. The molecule has 0 N–H and O–H groups in total. The average molecular weight is 425 g/mol. The molecule has 2 aromatic heterocycles. The van der Waals surface area contributed by atoms with Crippen LogP contribution in [0.15, 0.2) is 24.5 Å². The summed E-state index contributed by atoms with van der Waals surface area (Å²) in [6, 6.07) is 6.21. The molecule has 30 heavy (non-hydrogen) atoms. The van der Waals surface area contributed by atoms with Crippen LogP contribution in [0.5, 0.6) is 0 Å². The molecule has 0 radical (unpaired) electrons. The molecule has 6 heteroatoms. The maximum Gasteiger partial charge on any atom is 0.305 e. The number of nitrogens with zero attached hydrogens (tertiary/aromatic N) is 2. The van der Waals surface area contributed by atoms with Gasteiger partial charge in [0.25, 0.3) is 0 Å². The minimum absolute atomic E-state index is 0.105. The smallest absolute Gasteiger partial charge is 0.305 e. The second-order valence-corrected chi connectivity index (χ2v) is 9.25. The lowest BCUT2D eigenvalue weighted by atomic mass is 9.87. The summed E-state index contributed by atoms with van der Waals surface area (Å²) in [6.07, 6.45) is 8.06. The fourth-order valence-corrected chi connectivity index (χ4v) is 5.42. The van der Waals surface area contributed by atoms with Crippen molar-refractivity contribution < 1.29 is 14.3 Å². The van der Waals surface area contributed by atoms with Gasteiger partial charge in [-0.15, -0.1) is 11.3 Å². The third kappa shape index (κ3) is 5.54. The van der Waals surface area contributed by atoms with E-state index in [2.05, 4.69) is 11.1 Å². The van der Waals surface area contributed by atoms with Crippen molar-refractivity contribution in [3.05, 3.63) is 51.0 Å². The van der Waals surface area contributed by atoms with E-state index in [4.69, 9.17) is 4.74 Å². The SMILES string of the molecule is CCCC(=O)OCC1CCc2c(sc(CC(=O)CC(C)c3cccnc3)c2C#N)C1. The molecule has 0 aliphatic heterocycles. The number of esters is 1. The Labute approximate surface area is 182 Å². The number of fused-ring (bicyclic) bond motifs is 1. The predicted molar refractivity (Wildman–Crippen MR) is 116 cm³/mol. The fraction of sp³-hybridized carbons (Fsp3) is 0.500. The van der Waals surface area contributed by atoms with Crippen LogP contribution in [0, 0.1) is 17.2 Å². The third-order valence-electron chi connectivity index (χ3n) is 5.63. The van der Waals surface area contributed by atoms with Crippen LogP contribution in [0.4, 0.5) is 0 Å². The van der Waals surface area contributed by atoms with Crippen molar-refractivity contribution >= 4 is 23.1 Å². The number of hydrogen-bond donors (Lipinski definition) is 0. The standard InChI is InChI=1S/C24H28N2O3S/c1-3-5-24(28)29-15-17-7-8-20-21(13-25)23(30-22(20)11-17)12-19(27)10-16(2)18-6-4-9-26-14-18/h4,6,9,14,16-17H,3,5,7-8,10-12,15H2,1-2H3. The van der Waals surface area contributed by atoms with Crippen LogP contribution in [-0.4, -0.2) is 23.3 Å². The van der Waals surface area contributed by atoms with Gasteiger partial charge in [-0.05, 0) is 54.7 Å². The highest BCUT2D eigenvalue weighted by Gasteiger charge is 2.27. The molecule has 0 amide bonds. The van der Waals surface area contributed by atoms with E-state index in [-0.39, 0.29) is 23.6 Å². The van der Waals surface area contributed by atoms with Gasteiger partial charge in [-0.1, -0.05) is 19.9 Å². The van der Waals surface area contributed by atoms with Crippen LogP contribution >= 0.6 is 11.3 Å². The first-order valence-corrected chi connectivity index (χ1v) is 11.4. The van der Waals surface area contributed by atoms with E-state index in [0.29, 0.717) is 31.4 Å². The van der Waals surface area contributed by atoms with Crippen molar-refractivity contribution in [2.24, 2.45) is 5.92 Å². The van der Waals surface area contributed by atoms with E-state index in [1.807, 2.05) is 26.0 Å². The van der Waals surface area contributed by atoms with Gasteiger partial charge >= 0.3 is 5.97 Å². The zero-order valence-corrected chi connectivity index (χ0v) is 18.5. The van der Waals surface area contributed by atoms with Gasteiger partial charge in [-0.3, -0.25) is 14.6 Å². The number of carbonyl (C=O) groups excluding carboxylic acids is 2. The largest absolute Gasteiger partial charge is 0.465 e. The molecule has 2 heterocycles. The minimum atomic E-state index is -0.138. The van der Waals surface area contributed by atoms with Crippen molar-refractivity contribution in [3.8, 4) is 6.07 Å². The fourth-order valence-electron chi connectivity index (χ4n) is 3.97. The van der Waals surface area contributed by atoms with E-state index >= 15 is 0 Å². The van der Waals surface area contributed by atoms with Crippen molar-refractivity contribution in [1.29, 1.82) is 5.26 Å². The van der Waals surface area contributed by atoms with Crippen LogP contribution in [0.2, 0.25) is 0 Å². The van der Waals surface area contributed by atoms with E-state index in [1.54, 1.807) is 23.7 Å². The molecule has 1 aliphatic rings. The van der Waals surface area contributed by atoms with Crippen LogP contribution in [0.3, 0.4) is 0 Å². The minimum Gasteiger partial charge on any atom is -0.465 e. The van der Waals surface area contributed by atoms with Crippen LogP contribution in [0.25, 0.3) is 0 Å². The first-order chi connectivity index (χ1) is 14.5. The average Bonchev–Trinajstić information content (AvgIpc) is 3.08. The van der Waals surface area contributed by atoms with Crippen molar-refractivity contribution in [2.45, 2.75) is 64.7 Å². The van der Waals surface area contributed by atoms with Gasteiger partial charge in [0, 0.05) is 41.4 Å². The van der Waals surface area contributed by atoms with E-state index in [1.165, 1.54) is 4.88 Å². The molecule has 0 spiro atoms. The number of hydrogen-bond acceptors (Lipinski definition) is 6. The Morgan fingerprint density at radius 3 is 2.97 bits per heavy atom. The Morgan fingerprint density at radius 2 is 2.27 bits per heavy atom. The van der Waals surface area contributed by atoms with Crippen LogP contribution < -0.4 is 0 Å². The van der Waals surface area contributed by atoms with Crippen molar-refractivity contribution in [3.63, 3.8) is 0 Å². The Balaban J connectivity index is 1.63. The highest BCUT2D eigenvalue weighted by molar-refractivity contribution is 7.12. The number of carbonyl (C=O) groups is 2. The normalized spacial score (nSPS) is 16.4. The lowest BCUT2D eigenvalue weighted by Gasteiger charge is -2.21. The Kier molecular flexibility index (Phi) is 7.75. The molecule has 0 fully saturated rings. The quantitative estimate of drug-likeness (QED) is 0.542. The summed E-state index contributed by atoms with van der Waals surface area (Å²) in [5.74, 6) is 0.402. The van der Waals surface area contributed by atoms with Gasteiger partial charge in [0.05, 0.1) is 12.2 Å². The summed E-state index contributed by atoms with van der Waals surface area (Å²) >= 11 is 1.59. The Hall–Kier alpha value is -2.52. The molecular weight excluding hydrogens is 396 g/mol. The second kappa shape index (κ2) is 10.5. The van der Waals surface area contributed by atoms with E-state index in [0.717, 1.165) is 41.7 Å². The van der Waals surface area contributed by atoms with Gasteiger partial charge in [-0.2, -0.15) is 5.26 Å².